The lowest BCUT2D eigenvalue weighted by Gasteiger charge is -2.06. The molecule has 9 heteroatoms. The van der Waals surface area contributed by atoms with Crippen molar-refractivity contribution in [1.29, 1.82) is 0 Å². The largest absolute Gasteiger partial charge is 0.384 e. The first kappa shape index (κ1) is 18.2. The Morgan fingerprint density at radius 1 is 1.30 bits per heavy atom. The molecule has 9 nitrogen and oxygen atoms in total. The number of nitro benzene ring substituents is 1. The molecule has 0 aliphatic rings. The molecule has 1 rings (SSSR count). The molecule has 1 aromatic rings. The van der Waals surface area contributed by atoms with E-state index in [1.165, 1.54) is 25.3 Å². The van der Waals surface area contributed by atoms with E-state index in [0.717, 1.165) is 0 Å². The molecule has 0 unspecified atom stereocenters. The number of hydrogen-bond acceptors (Lipinski definition) is 6. The highest BCUT2D eigenvalue weighted by Crippen LogP contribution is 2.23. The smallest absolute Gasteiger partial charge is 0.292 e. The van der Waals surface area contributed by atoms with E-state index in [9.17, 15) is 19.7 Å². The molecule has 0 radical (unpaired) electrons. The van der Waals surface area contributed by atoms with Crippen molar-refractivity contribution in [2.45, 2.75) is 19.8 Å². The number of carbonyl (C=O) groups excluding carboxylic acids is 2. The second-order valence-corrected chi connectivity index (χ2v) is 4.62. The van der Waals surface area contributed by atoms with Gasteiger partial charge in [-0.25, -0.2) is 5.43 Å². The Bertz CT molecular complexity index is 615. The van der Waals surface area contributed by atoms with Crippen molar-refractivity contribution < 1.29 is 19.2 Å². The standard InChI is InChI=1S/C14H18N4O5/c1-10(16-17-13(19)7-8-23-2)9-14(20)15-11-5-3-4-6-12(11)18(21)22/h3-6H,7-9H2,1-2H3,(H,15,20)(H,17,19). The molecule has 2 amide bonds. The fraction of sp³-hybridized carbons (Fsp3) is 0.357. The van der Waals surface area contributed by atoms with Crippen LogP contribution in [0.2, 0.25) is 0 Å². The minimum absolute atomic E-state index is 0.101. The molecule has 0 bridgehead atoms. The van der Waals surface area contributed by atoms with Gasteiger partial charge in [-0.05, 0) is 13.0 Å². The van der Waals surface area contributed by atoms with Gasteiger partial charge < -0.3 is 10.1 Å². The van der Waals surface area contributed by atoms with E-state index in [2.05, 4.69) is 15.8 Å². The fourth-order valence-electron chi connectivity index (χ4n) is 1.61. The zero-order chi connectivity index (χ0) is 17.2. The molecule has 0 spiro atoms. The second kappa shape index (κ2) is 9.26. The third-order valence-electron chi connectivity index (χ3n) is 2.70. The van der Waals surface area contributed by atoms with Crippen LogP contribution in [0.4, 0.5) is 11.4 Å². The first-order valence-corrected chi connectivity index (χ1v) is 6.78. The molecule has 0 aromatic heterocycles. The van der Waals surface area contributed by atoms with Gasteiger partial charge >= 0.3 is 0 Å². The molecule has 0 aliphatic heterocycles. The topological polar surface area (TPSA) is 123 Å². The zero-order valence-electron chi connectivity index (χ0n) is 12.9. The molecular weight excluding hydrogens is 304 g/mol. The maximum absolute atomic E-state index is 11.9. The summed E-state index contributed by atoms with van der Waals surface area (Å²) < 4.78 is 4.75. The number of benzene rings is 1. The number of nitrogens with zero attached hydrogens (tertiary/aromatic N) is 2. The van der Waals surface area contributed by atoms with Crippen molar-refractivity contribution in [3.63, 3.8) is 0 Å². The van der Waals surface area contributed by atoms with Gasteiger partial charge in [0.2, 0.25) is 11.8 Å². The summed E-state index contributed by atoms with van der Waals surface area (Å²) in [6.07, 6.45) is 0.0618. The number of methoxy groups -OCH3 is 1. The molecule has 0 heterocycles. The molecule has 1 aromatic carbocycles. The number of anilines is 1. The number of nitro groups is 1. The van der Waals surface area contributed by atoms with Crippen LogP contribution < -0.4 is 10.7 Å². The minimum atomic E-state index is -0.577. The van der Waals surface area contributed by atoms with E-state index in [0.29, 0.717) is 5.71 Å². The maximum atomic E-state index is 11.9. The molecule has 0 fully saturated rings. The van der Waals surface area contributed by atoms with Gasteiger partial charge in [0.15, 0.2) is 0 Å². The summed E-state index contributed by atoms with van der Waals surface area (Å²) in [5, 5.41) is 17.1. The van der Waals surface area contributed by atoms with E-state index in [-0.39, 0.29) is 36.7 Å². The third-order valence-corrected chi connectivity index (χ3v) is 2.70. The van der Waals surface area contributed by atoms with Crippen molar-refractivity contribution in [3.8, 4) is 0 Å². The van der Waals surface area contributed by atoms with E-state index >= 15 is 0 Å². The maximum Gasteiger partial charge on any atom is 0.292 e. The van der Waals surface area contributed by atoms with Gasteiger partial charge in [-0.1, -0.05) is 12.1 Å². The van der Waals surface area contributed by atoms with Crippen molar-refractivity contribution in [2.24, 2.45) is 5.10 Å². The number of amides is 2. The van der Waals surface area contributed by atoms with Gasteiger partial charge in [0.1, 0.15) is 5.69 Å². The Morgan fingerprint density at radius 3 is 2.65 bits per heavy atom. The van der Waals surface area contributed by atoms with Gasteiger partial charge in [-0.3, -0.25) is 19.7 Å². The summed E-state index contributed by atoms with van der Waals surface area (Å²) in [6, 6.07) is 5.83. The minimum Gasteiger partial charge on any atom is -0.384 e. The summed E-state index contributed by atoms with van der Waals surface area (Å²) in [6.45, 7) is 1.84. The fourth-order valence-corrected chi connectivity index (χ4v) is 1.61. The number of nitrogens with one attached hydrogen (secondary N) is 2. The van der Waals surface area contributed by atoms with Crippen LogP contribution in [0, 0.1) is 10.1 Å². The Balaban J connectivity index is 2.56. The zero-order valence-corrected chi connectivity index (χ0v) is 12.9. The Hall–Kier alpha value is -2.81. The first-order valence-electron chi connectivity index (χ1n) is 6.78. The number of hydrazone groups is 1. The summed E-state index contributed by atoms with van der Waals surface area (Å²) in [5.41, 5.74) is 2.58. The number of carbonyl (C=O) groups is 2. The van der Waals surface area contributed by atoms with Gasteiger partial charge in [0, 0.05) is 18.9 Å². The lowest BCUT2D eigenvalue weighted by Crippen LogP contribution is -2.22. The average molecular weight is 322 g/mol. The van der Waals surface area contributed by atoms with Crippen LogP contribution in [0.15, 0.2) is 29.4 Å². The van der Waals surface area contributed by atoms with Crippen molar-refractivity contribution >= 4 is 28.9 Å². The quantitative estimate of drug-likeness (QED) is 0.426. The Morgan fingerprint density at radius 2 is 2.00 bits per heavy atom. The number of rotatable bonds is 8. The molecule has 2 N–H and O–H groups in total. The van der Waals surface area contributed by atoms with Gasteiger partial charge in [-0.15, -0.1) is 0 Å². The highest BCUT2D eigenvalue weighted by Gasteiger charge is 2.15. The highest BCUT2D eigenvalue weighted by atomic mass is 16.6. The van der Waals surface area contributed by atoms with Gasteiger partial charge in [0.05, 0.1) is 24.4 Å². The molecule has 0 aliphatic carbocycles. The van der Waals surface area contributed by atoms with Crippen LogP contribution in [0.5, 0.6) is 0 Å². The molecular formula is C14H18N4O5. The van der Waals surface area contributed by atoms with Crippen molar-refractivity contribution in [1.82, 2.24) is 5.43 Å². The van der Waals surface area contributed by atoms with Gasteiger partial charge in [0.25, 0.3) is 5.69 Å². The molecule has 0 atom stereocenters. The molecule has 0 saturated heterocycles. The van der Waals surface area contributed by atoms with E-state index < -0.39 is 10.8 Å². The molecule has 0 saturated carbocycles. The van der Waals surface area contributed by atoms with E-state index in [4.69, 9.17) is 4.74 Å². The first-order chi connectivity index (χ1) is 10.9. The SMILES string of the molecule is COCCC(=O)NN=C(C)CC(=O)Nc1ccccc1[N+](=O)[O-]. The van der Waals surface area contributed by atoms with Crippen LogP contribution in [0.3, 0.4) is 0 Å². The van der Waals surface area contributed by atoms with Crippen LogP contribution >= 0.6 is 0 Å². The summed E-state index contributed by atoms with van der Waals surface area (Å²) in [5.74, 6) is -0.794. The predicted octanol–water partition coefficient (Wildman–Crippen LogP) is 1.45. The monoisotopic (exact) mass is 322 g/mol. The second-order valence-electron chi connectivity index (χ2n) is 4.62. The number of ether oxygens (including phenoxy) is 1. The lowest BCUT2D eigenvalue weighted by atomic mass is 10.2. The van der Waals surface area contributed by atoms with Crippen molar-refractivity contribution in [2.75, 3.05) is 19.0 Å². The Kier molecular flexibility index (Phi) is 7.34. The molecule has 124 valence electrons. The summed E-state index contributed by atoms with van der Waals surface area (Å²) in [4.78, 5) is 33.5. The van der Waals surface area contributed by atoms with E-state index in [1.807, 2.05) is 0 Å². The molecule has 23 heavy (non-hydrogen) atoms. The summed E-state index contributed by atoms with van der Waals surface area (Å²) >= 11 is 0. The van der Waals surface area contributed by atoms with Crippen LogP contribution in [0.25, 0.3) is 0 Å². The normalized spacial score (nSPS) is 11.0. The van der Waals surface area contributed by atoms with Crippen LogP contribution in [-0.4, -0.2) is 36.2 Å². The number of hydrogen-bond donors (Lipinski definition) is 2. The van der Waals surface area contributed by atoms with Crippen LogP contribution in [-0.2, 0) is 14.3 Å². The third kappa shape index (κ3) is 6.66. The van der Waals surface area contributed by atoms with E-state index in [1.54, 1.807) is 13.0 Å². The highest BCUT2D eigenvalue weighted by molar-refractivity contribution is 6.06. The van der Waals surface area contributed by atoms with Crippen LogP contribution in [0.1, 0.15) is 19.8 Å². The summed E-state index contributed by atoms with van der Waals surface area (Å²) in [7, 11) is 1.48. The average Bonchev–Trinajstić information content (AvgIpc) is 2.51. The number of para-hydroxylation sites is 2. The predicted molar refractivity (Wildman–Crippen MR) is 84.1 cm³/mol. The van der Waals surface area contributed by atoms with Gasteiger partial charge in [-0.2, -0.15) is 5.10 Å². The Labute approximate surface area is 132 Å². The lowest BCUT2D eigenvalue weighted by molar-refractivity contribution is -0.383. The van der Waals surface area contributed by atoms with Crippen molar-refractivity contribution in [3.05, 3.63) is 34.4 Å².